The van der Waals surface area contributed by atoms with E-state index in [-0.39, 0.29) is 30.3 Å². The Labute approximate surface area is 126 Å². The van der Waals surface area contributed by atoms with E-state index >= 15 is 0 Å². The van der Waals surface area contributed by atoms with Crippen molar-refractivity contribution in [2.75, 3.05) is 0 Å². The lowest BCUT2D eigenvalue weighted by Gasteiger charge is -2.19. The highest BCUT2D eigenvalue weighted by Crippen LogP contribution is 2.18. The quantitative estimate of drug-likeness (QED) is 0.847. The molecule has 1 atom stereocenters. The summed E-state index contributed by atoms with van der Waals surface area (Å²) in [6.45, 7) is 8.66. The van der Waals surface area contributed by atoms with Crippen LogP contribution in [0.25, 0.3) is 0 Å². The molecule has 21 heavy (non-hydrogen) atoms. The maximum absolute atomic E-state index is 12.2. The fourth-order valence-corrected chi connectivity index (χ4v) is 2.61. The van der Waals surface area contributed by atoms with E-state index in [1.54, 1.807) is 0 Å². The summed E-state index contributed by atoms with van der Waals surface area (Å²) < 4.78 is 0. The van der Waals surface area contributed by atoms with E-state index in [1.807, 2.05) is 13.8 Å². The van der Waals surface area contributed by atoms with Crippen LogP contribution >= 0.6 is 0 Å². The zero-order chi connectivity index (χ0) is 15.6. The number of hydrogen-bond donors (Lipinski definition) is 1. The lowest BCUT2D eigenvalue weighted by molar-refractivity contribution is -0.140. The van der Waals surface area contributed by atoms with E-state index in [2.05, 4.69) is 43.4 Å². The van der Waals surface area contributed by atoms with Crippen LogP contribution in [0.4, 0.5) is 0 Å². The molecule has 114 valence electrons. The number of nitrogens with one attached hydrogen (secondary N) is 1. The van der Waals surface area contributed by atoms with Crippen LogP contribution in [-0.4, -0.2) is 28.8 Å². The van der Waals surface area contributed by atoms with Gasteiger partial charge in [-0.05, 0) is 30.9 Å². The SMILES string of the molecule is CC(C)c1ccc(CNC2CC(=O)N(C(C)C)C2=O)cc1. The zero-order valence-electron chi connectivity index (χ0n) is 13.2. The van der Waals surface area contributed by atoms with Gasteiger partial charge in [-0.2, -0.15) is 0 Å². The van der Waals surface area contributed by atoms with Gasteiger partial charge in [0.2, 0.25) is 11.8 Å². The molecule has 2 amide bonds. The second-order valence-corrected chi connectivity index (χ2v) is 6.23. The molecule has 0 saturated carbocycles. The number of benzene rings is 1. The molecule has 0 radical (unpaired) electrons. The Bertz CT molecular complexity index is 520. The lowest BCUT2D eigenvalue weighted by Crippen LogP contribution is -2.41. The fourth-order valence-electron chi connectivity index (χ4n) is 2.61. The molecule has 1 N–H and O–H groups in total. The van der Waals surface area contributed by atoms with Crippen molar-refractivity contribution in [2.24, 2.45) is 0 Å². The third-order valence-corrected chi connectivity index (χ3v) is 3.90. The first-order chi connectivity index (χ1) is 9.90. The summed E-state index contributed by atoms with van der Waals surface area (Å²) in [7, 11) is 0. The summed E-state index contributed by atoms with van der Waals surface area (Å²) in [6.07, 6.45) is 0.265. The smallest absolute Gasteiger partial charge is 0.247 e. The van der Waals surface area contributed by atoms with Crippen LogP contribution in [0, 0.1) is 0 Å². The van der Waals surface area contributed by atoms with Gasteiger partial charge in [0.1, 0.15) is 0 Å². The summed E-state index contributed by atoms with van der Waals surface area (Å²) in [6, 6.07) is 7.92. The van der Waals surface area contributed by atoms with Gasteiger partial charge in [0.05, 0.1) is 12.5 Å². The van der Waals surface area contributed by atoms with Crippen LogP contribution in [0.2, 0.25) is 0 Å². The predicted molar refractivity (Wildman–Crippen MR) is 82.8 cm³/mol. The van der Waals surface area contributed by atoms with Crippen molar-refractivity contribution in [3.63, 3.8) is 0 Å². The van der Waals surface area contributed by atoms with Crippen molar-refractivity contribution < 1.29 is 9.59 Å². The van der Waals surface area contributed by atoms with Crippen LogP contribution in [0.1, 0.15) is 51.2 Å². The minimum absolute atomic E-state index is 0.0675. The summed E-state index contributed by atoms with van der Waals surface area (Å²) in [5.74, 6) is 0.331. The van der Waals surface area contributed by atoms with Gasteiger partial charge in [-0.3, -0.25) is 14.5 Å². The highest BCUT2D eigenvalue weighted by atomic mass is 16.2. The van der Waals surface area contributed by atoms with E-state index in [0.717, 1.165) is 5.56 Å². The minimum atomic E-state index is -0.385. The second-order valence-electron chi connectivity index (χ2n) is 6.23. The Morgan fingerprint density at radius 3 is 2.24 bits per heavy atom. The molecular formula is C17H24N2O2. The van der Waals surface area contributed by atoms with Gasteiger partial charge in [-0.15, -0.1) is 0 Å². The maximum Gasteiger partial charge on any atom is 0.247 e. The normalized spacial score (nSPS) is 19.1. The fraction of sp³-hybridized carbons (Fsp3) is 0.529. The number of nitrogens with zero attached hydrogens (tertiary/aromatic N) is 1. The third kappa shape index (κ3) is 3.50. The summed E-state index contributed by atoms with van der Waals surface area (Å²) >= 11 is 0. The Morgan fingerprint density at radius 2 is 1.76 bits per heavy atom. The van der Waals surface area contributed by atoms with Crippen LogP contribution in [0.15, 0.2) is 24.3 Å². The predicted octanol–water partition coefficient (Wildman–Crippen LogP) is 2.44. The first-order valence-electron chi connectivity index (χ1n) is 7.58. The van der Waals surface area contributed by atoms with Gasteiger partial charge in [0, 0.05) is 12.6 Å². The van der Waals surface area contributed by atoms with Gasteiger partial charge >= 0.3 is 0 Å². The molecule has 2 rings (SSSR count). The molecule has 0 aromatic heterocycles. The Hall–Kier alpha value is -1.68. The molecule has 1 aromatic carbocycles. The van der Waals surface area contributed by atoms with Crippen molar-refractivity contribution in [3.8, 4) is 0 Å². The van der Waals surface area contributed by atoms with Gasteiger partial charge in [0.15, 0.2) is 0 Å². The molecule has 1 heterocycles. The first-order valence-corrected chi connectivity index (χ1v) is 7.58. The van der Waals surface area contributed by atoms with Crippen molar-refractivity contribution >= 4 is 11.8 Å². The first kappa shape index (κ1) is 15.7. The van der Waals surface area contributed by atoms with E-state index in [4.69, 9.17) is 0 Å². The van der Waals surface area contributed by atoms with E-state index in [9.17, 15) is 9.59 Å². The highest BCUT2D eigenvalue weighted by Gasteiger charge is 2.39. The van der Waals surface area contributed by atoms with E-state index in [0.29, 0.717) is 12.5 Å². The van der Waals surface area contributed by atoms with Crippen molar-refractivity contribution in [2.45, 2.75) is 58.7 Å². The molecule has 1 aliphatic heterocycles. The monoisotopic (exact) mass is 288 g/mol. The van der Waals surface area contributed by atoms with Crippen LogP contribution in [-0.2, 0) is 16.1 Å². The zero-order valence-corrected chi connectivity index (χ0v) is 13.2. The highest BCUT2D eigenvalue weighted by molar-refractivity contribution is 6.05. The number of amides is 2. The number of likely N-dealkylation sites (tertiary alicyclic amines) is 1. The molecule has 1 saturated heterocycles. The number of rotatable bonds is 5. The van der Waals surface area contributed by atoms with Gasteiger partial charge in [0.25, 0.3) is 0 Å². The van der Waals surface area contributed by atoms with Crippen molar-refractivity contribution in [3.05, 3.63) is 35.4 Å². The van der Waals surface area contributed by atoms with Gasteiger partial charge in [-0.1, -0.05) is 38.1 Å². The molecule has 4 heteroatoms. The molecule has 1 aliphatic rings. The Morgan fingerprint density at radius 1 is 1.14 bits per heavy atom. The van der Waals surface area contributed by atoms with Crippen LogP contribution in [0.3, 0.4) is 0 Å². The number of carbonyl (C=O) groups excluding carboxylic acids is 2. The van der Waals surface area contributed by atoms with Gasteiger partial charge < -0.3 is 5.32 Å². The molecule has 1 unspecified atom stereocenters. The number of carbonyl (C=O) groups is 2. The molecule has 1 aromatic rings. The largest absolute Gasteiger partial charge is 0.301 e. The van der Waals surface area contributed by atoms with Crippen LogP contribution in [0.5, 0.6) is 0 Å². The van der Waals surface area contributed by atoms with Gasteiger partial charge in [-0.25, -0.2) is 0 Å². The van der Waals surface area contributed by atoms with Crippen molar-refractivity contribution in [1.82, 2.24) is 10.2 Å². The average Bonchev–Trinajstić information content (AvgIpc) is 2.71. The summed E-state index contributed by atoms with van der Waals surface area (Å²) in [5.41, 5.74) is 2.43. The minimum Gasteiger partial charge on any atom is -0.301 e. The molecule has 4 nitrogen and oxygen atoms in total. The lowest BCUT2D eigenvalue weighted by atomic mass is 10.0. The van der Waals surface area contributed by atoms with E-state index < -0.39 is 0 Å². The van der Waals surface area contributed by atoms with E-state index in [1.165, 1.54) is 10.5 Å². The molecule has 1 fully saturated rings. The second kappa shape index (κ2) is 6.39. The number of hydrogen-bond acceptors (Lipinski definition) is 3. The molecule has 0 spiro atoms. The summed E-state index contributed by atoms with van der Waals surface area (Å²) in [4.78, 5) is 25.4. The molecule has 0 aliphatic carbocycles. The Kier molecular flexibility index (Phi) is 4.78. The number of imide groups is 1. The van der Waals surface area contributed by atoms with Crippen molar-refractivity contribution in [1.29, 1.82) is 0 Å². The Balaban J connectivity index is 1.94. The standard InChI is InChI=1S/C17H24N2O2/c1-11(2)14-7-5-13(6-8-14)10-18-15-9-16(20)19(12(3)4)17(15)21/h5-8,11-12,15,18H,9-10H2,1-4H3. The molecular weight excluding hydrogens is 264 g/mol. The average molecular weight is 288 g/mol. The molecule has 0 bridgehead atoms. The topological polar surface area (TPSA) is 49.4 Å². The maximum atomic E-state index is 12.2. The van der Waals surface area contributed by atoms with Crippen LogP contribution < -0.4 is 5.32 Å². The third-order valence-electron chi connectivity index (χ3n) is 3.90. The summed E-state index contributed by atoms with van der Waals surface area (Å²) in [5, 5.41) is 3.20.